The number of nitrogens with zero attached hydrogens (tertiary/aromatic N) is 1. The molecule has 3 aromatic rings. The van der Waals surface area contributed by atoms with Crippen LogP contribution in [0.5, 0.6) is 0 Å². The summed E-state index contributed by atoms with van der Waals surface area (Å²) in [6, 6.07) is 13.4. The van der Waals surface area contributed by atoms with Gasteiger partial charge in [0.1, 0.15) is 5.82 Å². The monoisotopic (exact) mass is 350 g/mol. The highest BCUT2D eigenvalue weighted by Gasteiger charge is 2.08. The summed E-state index contributed by atoms with van der Waals surface area (Å²) < 4.78 is 16.7. The van der Waals surface area contributed by atoms with Crippen LogP contribution >= 0.6 is 28.1 Å². The fourth-order valence-corrected chi connectivity index (χ4v) is 2.90. The summed E-state index contributed by atoms with van der Waals surface area (Å²) in [6.07, 6.45) is 0.861. The van der Waals surface area contributed by atoms with E-state index in [9.17, 15) is 4.39 Å². The molecule has 3 rings (SSSR count). The number of H-pyrrole nitrogens is 1. The summed E-state index contributed by atoms with van der Waals surface area (Å²) in [6.45, 7) is 0.726. The number of rotatable bonds is 3. The van der Waals surface area contributed by atoms with Gasteiger partial charge in [-0.15, -0.1) is 0 Å². The number of hydrogen-bond donors (Lipinski definition) is 1. The predicted molar refractivity (Wildman–Crippen MR) is 84.9 cm³/mol. The molecular weight excluding hydrogens is 339 g/mol. The van der Waals surface area contributed by atoms with Gasteiger partial charge < -0.3 is 9.55 Å². The van der Waals surface area contributed by atoms with Crippen LogP contribution < -0.4 is 0 Å². The van der Waals surface area contributed by atoms with E-state index in [-0.39, 0.29) is 5.82 Å². The summed E-state index contributed by atoms with van der Waals surface area (Å²) >= 11 is 8.51. The molecule has 1 aromatic heterocycles. The van der Waals surface area contributed by atoms with E-state index in [4.69, 9.17) is 12.2 Å². The van der Waals surface area contributed by atoms with E-state index in [2.05, 4.69) is 33.0 Å². The van der Waals surface area contributed by atoms with Crippen molar-refractivity contribution in [2.75, 3.05) is 0 Å². The number of aryl methyl sites for hydroxylation is 2. The molecule has 1 heterocycles. The van der Waals surface area contributed by atoms with Crippen LogP contribution in [0.25, 0.3) is 11.0 Å². The first-order valence-corrected chi connectivity index (χ1v) is 7.47. The fraction of sp³-hybridized carbons (Fsp3) is 0.133. The SMILES string of the molecule is Fc1cc2c(cc1Br)[nH]c(=S)n2CCc1ccccc1. The first-order valence-electron chi connectivity index (χ1n) is 6.26. The molecule has 0 unspecified atom stereocenters. The Hall–Kier alpha value is -1.46. The van der Waals surface area contributed by atoms with Gasteiger partial charge in [0.25, 0.3) is 0 Å². The van der Waals surface area contributed by atoms with Gasteiger partial charge >= 0.3 is 0 Å². The zero-order valence-electron chi connectivity index (χ0n) is 10.6. The highest BCUT2D eigenvalue weighted by Crippen LogP contribution is 2.23. The van der Waals surface area contributed by atoms with Gasteiger partial charge in [0.15, 0.2) is 4.77 Å². The van der Waals surface area contributed by atoms with Crippen molar-refractivity contribution in [1.29, 1.82) is 0 Å². The minimum atomic E-state index is -0.278. The van der Waals surface area contributed by atoms with Crippen LogP contribution in [-0.4, -0.2) is 9.55 Å². The van der Waals surface area contributed by atoms with Crippen molar-refractivity contribution >= 4 is 39.2 Å². The first-order chi connectivity index (χ1) is 9.65. The Morgan fingerprint density at radius 2 is 1.95 bits per heavy atom. The van der Waals surface area contributed by atoms with Gasteiger partial charge in [0.05, 0.1) is 15.5 Å². The van der Waals surface area contributed by atoms with Crippen LogP contribution in [0, 0.1) is 10.6 Å². The highest BCUT2D eigenvalue weighted by molar-refractivity contribution is 9.10. The number of aromatic nitrogens is 2. The Bertz CT molecular complexity index is 808. The minimum absolute atomic E-state index is 0.278. The molecule has 0 spiro atoms. The van der Waals surface area contributed by atoms with Crippen molar-refractivity contribution in [3.05, 3.63) is 63.1 Å². The number of halogens is 2. The zero-order valence-corrected chi connectivity index (χ0v) is 13.0. The number of benzene rings is 2. The molecule has 5 heteroatoms. The molecule has 0 fully saturated rings. The number of aromatic amines is 1. The van der Waals surface area contributed by atoms with E-state index in [1.54, 1.807) is 6.07 Å². The van der Waals surface area contributed by atoms with Crippen molar-refractivity contribution in [3.8, 4) is 0 Å². The van der Waals surface area contributed by atoms with E-state index in [0.717, 1.165) is 24.0 Å². The van der Waals surface area contributed by atoms with Gasteiger partial charge in [-0.2, -0.15) is 0 Å². The van der Waals surface area contributed by atoms with Gasteiger partial charge in [-0.05, 0) is 46.2 Å². The van der Waals surface area contributed by atoms with Gasteiger partial charge in [0, 0.05) is 12.6 Å². The Balaban J connectivity index is 1.97. The molecule has 0 aliphatic heterocycles. The molecular formula is C15H12BrFN2S. The summed E-state index contributed by atoms with van der Waals surface area (Å²) in [5, 5.41) is 0. The van der Waals surface area contributed by atoms with Crippen molar-refractivity contribution < 1.29 is 4.39 Å². The Labute approximate surface area is 129 Å². The second kappa shape index (κ2) is 5.50. The normalized spacial score (nSPS) is 11.1. The summed E-state index contributed by atoms with van der Waals surface area (Å²) in [7, 11) is 0. The van der Waals surface area contributed by atoms with Gasteiger partial charge in [-0.25, -0.2) is 4.39 Å². The summed E-state index contributed by atoms with van der Waals surface area (Å²) in [5.41, 5.74) is 2.88. The second-order valence-corrected chi connectivity index (χ2v) is 5.84. The maximum atomic E-state index is 13.7. The lowest BCUT2D eigenvalue weighted by molar-refractivity contribution is 0.620. The number of hydrogen-bond acceptors (Lipinski definition) is 1. The fourth-order valence-electron chi connectivity index (χ4n) is 2.26. The van der Waals surface area contributed by atoms with Crippen LogP contribution in [0.15, 0.2) is 46.9 Å². The van der Waals surface area contributed by atoms with Gasteiger partial charge in [0.2, 0.25) is 0 Å². The van der Waals surface area contributed by atoms with Crippen LogP contribution in [0.1, 0.15) is 5.56 Å². The summed E-state index contributed by atoms with van der Waals surface area (Å²) in [4.78, 5) is 3.11. The lowest BCUT2D eigenvalue weighted by Crippen LogP contribution is -2.01. The third-order valence-electron chi connectivity index (χ3n) is 3.28. The van der Waals surface area contributed by atoms with Crippen molar-refractivity contribution in [2.45, 2.75) is 13.0 Å². The molecule has 2 nitrogen and oxygen atoms in total. The third kappa shape index (κ3) is 2.55. The van der Waals surface area contributed by atoms with E-state index in [0.29, 0.717) is 9.24 Å². The maximum Gasteiger partial charge on any atom is 0.178 e. The number of fused-ring (bicyclic) bond motifs is 1. The molecule has 0 aliphatic carbocycles. The van der Waals surface area contributed by atoms with Gasteiger partial charge in [-0.1, -0.05) is 30.3 Å². The number of nitrogens with one attached hydrogen (secondary N) is 1. The molecule has 0 atom stereocenters. The average molecular weight is 351 g/mol. The standard InChI is InChI=1S/C15H12BrFN2S/c16-11-8-13-14(9-12(11)17)19(15(20)18-13)7-6-10-4-2-1-3-5-10/h1-5,8-9H,6-7H2,(H,18,20). The lowest BCUT2D eigenvalue weighted by atomic mass is 10.1. The molecule has 2 aromatic carbocycles. The minimum Gasteiger partial charge on any atom is -0.331 e. The molecule has 20 heavy (non-hydrogen) atoms. The van der Waals surface area contributed by atoms with E-state index in [1.165, 1.54) is 11.6 Å². The maximum absolute atomic E-state index is 13.7. The lowest BCUT2D eigenvalue weighted by Gasteiger charge is -2.05. The van der Waals surface area contributed by atoms with Crippen molar-refractivity contribution in [3.63, 3.8) is 0 Å². The molecule has 0 saturated heterocycles. The van der Waals surface area contributed by atoms with Crippen LogP contribution in [0.4, 0.5) is 4.39 Å². The quantitative estimate of drug-likeness (QED) is 0.670. The molecule has 102 valence electrons. The predicted octanol–water partition coefficient (Wildman–Crippen LogP) is 4.84. The van der Waals surface area contributed by atoms with Gasteiger partial charge in [-0.3, -0.25) is 0 Å². The van der Waals surface area contributed by atoms with Crippen LogP contribution in [-0.2, 0) is 13.0 Å². The molecule has 1 N–H and O–H groups in total. The largest absolute Gasteiger partial charge is 0.331 e. The van der Waals surface area contributed by atoms with Crippen LogP contribution in [0.2, 0.25) is 0 Å². The van der Waals surface area contributed by atoms with E-state index < -0.39 is 0 Å². The van der Waals surface area contributed by atoms with E-state index >= 15 is 0 Å². The molecule has 0 saturated carbocycles. The molecule has 0 radical (unpaired) electrons. The Morgan fingerprint density at radius 1 is 1.20 bits per heavy atom. The second-order valence-electron chi connectivity index (χ2n) is 4.60. The molecule has 0 aliphatic rings. The Kier molecular flexibility index (Phi) is 3.72. The number of imidazole rings is 1. The highest BCUT2D eigenvalue weighted by atomic mass is 79.9. The zero-order chi connectivity index (χ0) is 14.1. The summed E-state index contributed by atoms with van der Waals surface area (Å²) in [5.74, 6) is -0.278. The molecule has 0 amide bonds. The average Bonchev–Trinajstić information content (AvgIpc) is 2.73. The topological polar surface area (TPSA) is 20.7 Å². The Morgan fingerprint density at radius 3 is 2.70 bits per heavy atom. The first kappa shape index (κ1) is 13.5. The third-order valence-corrected chi connectivity index (χ3v) is 4.21. The smallest absolute Gasteiger partial charge is 0.178 e. The van der Waals surface area contributed by atoms with E-state index in [1.807, 2.05) is 22.8 Å². The van der Waals surface area contributed by atoms with Crippen molar-refractivity contribution in [1.82, 2.24) is 9.55 Å². The molecule has 0 bridgehead atoms. The van der Waals surface area contributed by atoms with Crippen molar-refractivity contribution in [2.24, 2.45) is 0 Å². The van der Waals surface area contributed by atoms with Crippen LogP contribution in [0.3, 0.4) is 0 Å².